The zero-order valence-electron chi connectivity index (χ0n) is 11.4. The molecular weight excluding hydrogens is 254 g/mol. The second kappa shape index (κ2) is 4.16. The predicted octanol–water partition coefficient (Wildman–Crippen LogP) is 1.92. The van der Waals surface area contributed by atoms with Gasteiger partial charge in [-0.15, -0.1) is 0 Å². The fraction of sp³-hybridized carbons (Fsp3) is 0.500. The normalized spacial score (nSPS) is 35.0. The summed E-state index contributed by atoms with van der Waals surface area (Å²) in [6.45, 7) is 2.08. The van der Waals surface area contributed by atoms with Gasteiger partial charge in [0.15, 0.2) is 0 Å². The molecule has 4 atom stereocenters. The Morgan fingerprint density at radius 2 is 1.60 bits per heavy atom. The summed E-state index contributed by atoms with van der Waals surface area (Å²) < 4.78 is 5.73. The van der Waals surface area contributed by atoms with Crippen molar-refractivity contribution in [2.45, 2.75) is 38.4 Å². The standard InChI is InChI=1S/C16H17NO3/c1-2-9-3-5-10(6-4-9)17-15(18)13-11-7-8-12(20-11)14(13)16(17)19/h3-6,11-14H,2,7-8H2,1H3/t11-,12-,13-,14+/m0/s1. The summed E-state index contributed by atoms with van der Waals surface area (Å²) >= 11 is 0. The number of imide groups is 1. The van der Waals surface area contributed by atoms with Gasteiger partial charge >= 0.3 is 0 Å². The lowest BCUT2D eigenvalue weighted by molar-refractivity contribution is -0.124. The van der Waals surface area contributed by atoms with Gasteiger partial charge in [0.1, 0.15) is 0 Å². The summed E-state index contributed by atoms with van der Waals surface area (Å²) in [6.07, 6.45) is 2.69. The summed E-state index contributed by atoms with van der Waals surface area (Å²) in [5.74, 6) is -0.632. The van der Waals surface area contributed by atoms with Gasteiger partial charge in [-0.25, -0.2) is 4.90 Å². The molecule has 0 radical (unpaired) electrons. The largest absolute Gasteiger partial charge is 0.373 e. The summed E-state index contributed by atoms with van der Waals surface area (Å²) in [4.78, 5) is 26.5. The predicted molar refractivity (Wildman–Crippen MR) is 73.2 cm³/mol. The molecule has 4 rings (SSSR count). The first-order valence-electron chi connectivity index (χ1n) is 7.33. The van der Waals surface area contributed by atoms with Gasteiger partial charge < -0.3 is 4.74 Å². The van der Waals surface area contributed by atoms with Gasteiger partial charge in [-0.1, -0.05) is 19.1 Å². The van der Waals surface area contributed by atoms with E-state index in [4.69, 9.17) is 4.74 Å². The van der Waals surface area contributed by atoms with E-state index in [2.05, 4.69) is 6.92 Å². The van der Waals surface area contributed by atoms with Crippen LogP contribution < -0.4 is 4.90 Å². The van der Waals surface area contributed by atoms with Crippen molar-refractivity contribution in [3.05, 3.63) is 29.8 Å². The number of hydrogen-bond donors (Lipinski definition) is 0. The van der Waals surface area contributed by atoms with Gasteiger partial charge in [0, 0.05) is 0 Å². The Morgan fingerprint density at radius 1 is 1.05 bits per heavy atom. The number of carbonyl (C=O) groups is 2. The molecule has 0 aromatic heterocycles. The first-order valence-corrected chi connectivity index (χ1v) is 7.33. The Labute approximate surface area is 117 Å². The number of ether oxygens (including phenoxy) is 1. The monoisotopic (exact) mass is 271 g/mol. The number of nitrogens with zero attached hydrogens (tertiary/aromatic N) is 1. The maximum absolute atomic E-state index is 12.6. The molecule has 1 aromatic carbocycles. The molecule has 3 heterocycles. The van der Waals surface area contributed by atoms with E-state index < -0.39 is 0 Å². The summed E-state index contributed by atoms with van der Waals surface area (Å²) in [5, 5.41) is 0. The average Bonchev–Trinajstić information content (AvgIpc) is 3.14. The third-order valence-electron chi connectivity index (χ3n) is 4.89. The topological polar surface area (TPSA) is 46.6 Å². The first-order chi connectivity index (χ1) is 9.70. The van der Waals surface area contributed by atoms with Crippen LogP contribution in [-0.4, -0.2) is 24.0 Å². The molecule has 3 saturated heterocycles. The molecule has 0 N–H and O–H groups in total. The summed E-state index contributed by atoms with van der Waals surface area (Å²) in [6, 6.07) is 7.71. The van der Waals surface area contributed by atoms with Gasteiger partial charge in [0.25, 0.3) is 0 Å². The fourth-order valence-electron chi connectivity index (χ4n) is 3.85. The quantitative estimate of drug-likeness (QED) is 0.772. The van der Waals surface area contributed by atoms with Crippen LogP contribution in [0.25, 0.3) is 0 Å². The van der Waals surface area contributed by atoms with Crippen molar-refractivity contribution >= 4 is 17.5 Å². The Bertz CT molecular complexity index is 552. The number of hydrogen-bond acceptors (Lipinski definition) is 3. The number of rotatable bonds is 2. The molecule has 0 unspecified atom stereocenters. The highest BCUT2D eigenvalue weighted by Crippen LogP contribution is 2.49. The van der Waals surface area contributed by atoms with Crippen LogP contribution in [0.1, 0.15) is 25.3 Å². The molecule has 4 nitrogen and oxygen atoms in total. The van der Waals surface area contributed by atoms with Crippen LogP contribution in [-0.2, 0) is 20.7 Å². The molecule has 3 aliphatic rings. The van der Waals surface area contributed by atoms with Crippen molar-refractivity contribution in [2.75, 3.05) is 4.90 Å². The highest BCUT2D eigenvalue weighted by Gasteiger charge is 2.62. The van der Waals surface area contributed by atoms with Gasteiger partial charge in [-0.2, -0.15) is 0 Å². The van der Waals surface area contributed by atoms with Crippen LogP contribution in [0.4, 0.5) is 5.69 Å². The average molecular weight is 271 g/mol. The number of benzene rings is 1. The van der Waals surface area contributed by atoms with Gasteiger partial charge in [-0.05, 0) is 37.0 Å². The van der Waals surface area contributed by atoms with Crippen LogP contribution in [0.3, 0.4) is 0 Å². The van der Waals surface area contributed by atoms with Crippen molar-refractivity contribution in [3.8, 4) is 0 Å². The molecule has 104 valence electrons. The minimum absolute atomic E-state index is 0.0404. The first kappa shape index (κ1) is 12.1. The van der Waals surface area contributed by atoms with Gasteiger partial charge in [0.2, 0.25) is 11.8 Å². The molecule has 2 amide bonds. The smallest absolute Gasteiger partial charge is 0.240 e. The van der Waals surface area contributed by atoms with Crippen LogP contribution in [0, 0.1) is 11.8 Å². The molecule has 4 heteroatoms. The van der Waals surface area contributed by atoms with Gasteiger partial charge in [-0.3, -0.25) is 9.59 Å². The van der Waals surface area contributed by atoms with Crippen molar-refractivity contribution in [3.63, 3.8) is 0 Å². The Balaban J connectivity index is 1.69. The highest BCUT2D eigenvalue weighted by atomic mass is 16.5. The van der Waals surface area contributed by atoms with Crippen molar-refractivity contribution in [1.82, 2.24) is 0 Å². The second-order valence-corrected chi connectivity index (χ2v) is 5.87. The maximum Gasteiger partial charge on any atom is 0.240 e. The third-order valence-corrected chi connectivity index (χ3v) is 4.89. The van der Waals surface area contributed by atoms with Crippen LogP contribution in [0.2, 0.25) is 0 Å². The molecule has 2 bridgehead atoms. The Kier molecular flexibility index (Phi) is 2.51. The van der Waals surface area contributed by atoms with E-state index in [0.29, 0.717) is 5.69 Å². The van der Waals surface area contributed by atoms with Gasteiger partial charge in [0.05, 0.1) is 29.7 Å². The highest BCUT2D eigenvalue weighted by molar-refractivity contribution is 6.22. The van der Waals surface area contributed by atoms with Crippen LogP contribution in [0.5, 0.6) is 0 Å². The Morgan fingerprint density at radius 3 is 2.10 bits per heavy atom. The van der Waals surface area contributed by atoms with Crippen LogP contribution >= 0.6 is 0 Å². The molecular formula is C16H17NO3. The molecule has 0 spiro atoms. The van der Waals surface area contributed by atoms with Crippen molar-refractivity contribution < 1.29 is 14.3 Å². The number of carbonyl (C=O) groups excluding carboxylic acids is 2. The maximum atomic E-state index is 12.6. The zero-order valence-corrected chi connectivity index (χ0v) is 11.4. The minimum Gasteiger partial charge on any atom is -0.373 e. The molecule has 0 aliphatic carbocycles. The molecule has 20 heavy (non-hydrogen) atoms. The SMILES string of the molecule is CCc1ccc(N2C(=O)[C@@H]3[C@H](C2=O)[C@@H]2CC[C@@H]3O2)cc1. The fourth-order valence-corrected chi connectivity index (χ4v) is 3.85. The van der Waals surface area contributed by atoms with E-state index in [1.54, 1.807) is 0 Å². The third kappa shape index (κ3) is 1.45. The van der Waals surface area contributed by atoms with E-state index in [1.807, 2.05) is 24.3 Å². The molecule has 3 aliphatic heterocycles. The van der Waals surface area contributed by atoms with E-state index in [9.17, 15) is 9.59 Å². The van der Waals surface area contributed by atoms with E-state index >= 15 is 0 Å². The van der Waals surface area contributed by atoms with E-state index in [-0.39, 0.29) is 35.9 Å². The molecule has 1 aromatic rings. The summed E-state index contributed by atoms with van der Waals surface area (Å²) in [7, 11) is 0. The van der Waals surface area contributed by atoms with Crippen molar-refractivity contribution in [2.24, 2.45) is 11.8 Å². The minimum atomic E-state index is -0.243. The van der Waals surface area contributed by atoms with E-state index in [0.717, 1.165) is 19.3 Å². The number of aryl methyl sites for hydroxylation is 1. The van der Waals surface area contributed by atoms with E-state index in [1.165, 1.54) is 10.5 Å². The zero-order chi connectivity index (χ0) is 13.9. The number of anilines is 1. The lowest BCUT2D eigenvalue weighted by Gasteiger charge is -2.17. The number of fused-ring (bicyclic) bond motifs is 5. The second-order valence-electron chi connectivity index (χ2n) is 5.87. The summed E-state index contributed by atoms with van der Waals surface area (Å²) in [5.41, 5.74) is 1.91. The molecule has 3 fully saturated rings. The van der Waals surface area contributed by atoms with Crippen molar-refractivity contribution in [1.29, 1.82) is 0 Å². The Hall–Kier alpha value is -1.68. The lowest BCUT2D eigenvalue weighted by Crippen LogP contribution is -2.34. The number of amides is 2. The molecule has 0 saturated carbocycles. The van der Waals surface area contributed by atoms with Crippen LogP contribution in [0.15, 0.2) is 24.3 Å². The lowest BCUT2D eigenvalue weighted by atomic mass is 9.81.